The summed E-state index contributed by atoms with van der Waals surface area (Å²) < 4.78 is 27.7. The highest BCUT2D eigenvalue weighted by Crippen LogP contribution is 2.21. The highest BCUT2D eigenvalue weighted by Gasteiger charge is 2.19. The first-order valence-electron chi connectivity index (χ1n) is 5.30. The molecule has 1 aromatic rings. The number of nitrogens with zero attached hydrogens (tertiary/aromatic N) is 2. The van der Waals surface area contributed by atoms with Crippen molar-refractivity contribution in [2.45, 2.75) is 20.8 Å². The van der Waals surface area contributed by atoms with Gasteiger partial charge in [-0.25, -0.2) is 4.98 Å². The van der Waals surface area contributed by atoms with E-state index in [2.05, 4.69) is 9.71 Å². The summed E-state index contributed by atoms with van der Waals surface area (Å²) in [4.78, 5) is 3.89. The number of pyridine rings is 1. The molecular formula is C10H16ClN3O2S. The lowest BCUT2D eigenvalue weighted by atomic mass is 10.3. The van der Waals surface area contributed by atoms with E-state index >= 15 is 0 Å². The molecule has 0 unspecified atom stereocenters. The fourth-order valence-electron chi connectivity index (χ4n) is 1.39. The molecule has 0 aliphatic rings. The van der Waals surface area contributed by atoms with Crippen molar-refractivity contribution in [1.29, 1.82) is 0 Å². The third-order valence-electron chi connectivity index (χ3n) is 2.26. The average Bonchev–Trinajstić information content (AvgIpc) is 2.24. The maximum absolute atomic E-state index is 12.0. The number of aryl methyl sites for hydroxylation is 1. The largest absolute Gasteiger partial charge is 0.301 e. The van der Waals surface area contributed by atoms with Gasteiger partial charge < -0.3 is 0 Å². The van der Waals surface area contributed by atoms with Gasteiger partial charge in [-0.3, -0.25) is 4.72 Å². The van der Waals surface area contributed by atoms with Gasteiger partial charge in [0.05, 0.1) is 5.69 Å². The Morgan fingerprint density at radius 2 is 2.00 bits per heavy atom. The third-order valence-corrected chi connectivity index (χ3v) is 4.24. The van der Waals surface area contributed by atoms with Crippen LogP contribution in [0.25, 0.3) is 0 Å². The standard InChI is InChI=1S/C10H16ClN3O2S/c1-4-14(5-2)17(15,16)13-9-6-8(3)7-12-10(9)11/h6-7,13H,4-5H2,1-3H3. The molecule has 1 heterocycles. The Bertz CT molecular complexity index is 486. The Morgan fingerprint density at radius 1 is 1.41 bits per heavy atom. The zero-order chi connectivity index (χ0) is 13.1. The molecule has 96 valence electrons. The summed E-state index contributed by atoms with van der Waals surface area (Å²) in [6.07, 6.45) is 1.58. The molecule has 0 fully saturated rings. The molecule has 1 rings (SSSR count). The first-order valence-corrected chi connectivity index (χ1v) is 7.12. The van der Waals surface area contributed by atoms with E-state index in [1.54, 1.807) is 26.1 Å². The Hall–Kier alpha value is -0.850. The van der Waals surface area contributed by atoms with E-state index in [1.807, 2.05) is 6.92 Å². The number of nitrogens with one attached hydrogen (secondary N) is 1. The second-order valence-electron chi connectivity index (χ2n) is 3.54. The monoisotopic (exact) mass is 277 g/mol. The van der Waals surface area contributed by atoms with Gasteiger partial charge in [0.15, 0.2) is 5.15 Å². The summed E-state index contributed by atoms with van der Waals surface area (Å²) in [7, 11) is -3.56. The van der Waals surface area contributed by atoms with Crippen molar-refractivity contribution in [2.24, 2.45) is 0 Å². The van der Waals surface area contributed by atoms with Crippen molar-refractivity contribution in [2.75, 3.05) is 17.8 Å². The molecule has 0 atom stereocenters. The summed E-state index contributed by atoms with van der Waals surface area (Å²) in [6, 6.07) is 1.65. The number of hydrogen-bond donors (Lipinski definition) is 1. The van der Waals surface area contributed by atoms with E-state index in [9.17, 15) is 8.42 Å². The van der Waals surface area contributed by atoms with Gasteiger partial charge in [0.25, 0.3) is 0 Å². The van der Waals surface area contributed by atoms with E-state index in [0.29, 0.717) is 18.8 Å². The van der Waals surface area contributed by atoms with Crippen molar-refractivity contribution in [1.82, 2.24) is 9.29 Å². The third kappa shape index (κ3) is 3.55. The minimum atomic E-state index is -3.56. The summed E-state index contributed by atoms with van der Waals surface area (Å²) >= 11 is 5.84. The average molecular weight is 278 g/mol. The van der Waals surface area contributed by atoms with E-state index < -0.39 is 10.2 Å². The molecule has 0 aromatic carbocycles. The second-order valence-corrected chi connectivity index (χ2v) is 5.57. The number of hydrogen-bond acceptors (Lipinski definition) is 3. The lowest BCUT2D eigenvalue weighted by molar-refractivity contribution is 0.449. The summed E-state index contributed by atoms with van der Waals surface area (Å²) in [5.41, 5.74) is 1.14. The van der Waals surface area contributed by atoms with Gasteiger partial charge in [0.1, 0.15) is 0 Å². The zero-order valence-corrected chi connectivity index (χ0v) is 11.6. The molecule has 0 saturated heterocycles. The fraction of sp³-hybridized carbons (Fsp3) is 0.500. The number of anilines is 1. The van der Waals surface area contributed by atoms with Crippen molar-refractivity contribution in [3.05, 3.63) is 23.0 Å². The van der Waals surface area contributed by atoms with Crippen LogP contribution in [0.4, 0.5) is 5.69 Å². The molecule has 0 aliphatic heterocycles. The molecule has 0 saturated carbocycles. The van der Waals surface area contributed by atoms with Crippen molar-refractivity contribution >= 4 is 27.5 Å². The van der Waals surface area contributed by atoms with Crippen LogP contribution >= 0.6 is 11.6 Å². The molecule has 0 aliphatic carbocycles. The molecular weight excluding hydrogens is 262 g/mol. The molecule has 7 heteroatoms. The first kappa shape index (κ1) is 14.2. The van der Waals surface area contributed by atoms with Gasteiger partial charge in [0, 0.05) is 19.3 Å². The highest BCUT2D eigenvalue weighted by atomic mass is 35.5. The summed E-state index contributed by atoms with van der Waals surface area (Å²) in [5.74, 6) is 0. The van der Waals surface area contributed by atoms with Crippen LogP contribution in [0.15, 0.2) is 12.3 Å². The molecule has 1 N–H and O–H groups in total. The Balaban J connectivity index is 3.01. The lowest BCUT2D eigenvalue weighted by Gasteiger charge is -2.19. The van der Waals surface area contributed by atoms with Crippen LogP contribution < -0.4 is 4.72 Å². The summed E-state index contributed by atoms with van der Waals surface area (Å²) in [6.45, 7) is 6.18. The molecule has 5 nitrogen and oxygen atoms in total. The number of halogens is 1. The molecule has 0 amide bonds. The SMILES string of the molecule is CCN(CC)S(=O)(=O)Nc1cc(C)cnc1Cl. The van der Waals surface area contributed by atoms with Gasteiger partial charge in [-0.05, 0) is 18.6 Å². The fourth-order valence-corrected chi connectivity index (χ4v) is 2.84. The van der Waals surface area contributed by atoms with Gasteiger partial charge in [0.2, 0.25) is 0 Å². The Morgan fingerprint density at radius 3 is 2.53 bits per heavy atom. The number of aromatic nitrogens is 1. The molecule has 0 radical (unpaired) electrons. The highest BCUT2D eigenvalue weighted by molar-refractivity contribution is 7.90. The van der Waals surface area contributed by atoms with Crippen LogP contribution in [0.5, 0.6) is 0 Å². The molecule has 1 aromatic heterocycles. The maximum Gasteiger partial charge on any atom is 0.301 e. The van der Waals surface area contributed by atoms with Crippen LogP contribution in [-0.2, 0) is 10.2 Å². The first-order chi connectivity index (χ1) is 7.90. The van der Waals surface area contributed by atoms with E-state index in [4.69, 9.17) is 11.6 Å². The van der Waals surface area contributed by atoms with Crippen LogP contribution in [0.3, 0.4) is 0 Å². The normalized spacial score (nSPS) is 11.8. The van der Waals surface area contributed by atoms with Gasteiger partial charge in [-0.1, -0.05) is 25.4 Å². The van der Waals surface area contributed by atoms with Crippen LogP contribution in [0.1, 0.15) is 19.4 Å². The predicted molar refractivity (Wildman–Crippen MR) is 69.4 cm³/mol. The van der Waals surface area contributed by atoms with Crippen LogP contribution in [-0.4, -0.2) is 30.8 Å². The topological polar surface area (TPSA) is 62.3 Å². The van der Waals surface area contributed by atoms with E-state index in [0.717, 1.165) is 5.56 Å². The van der Waals surface area contributed by atoms with Crippen LogP contribution in [0, 0.1) is 6.92 Å². The van der Waals surface area contributed by atoms with Crippen molar-refractivity contribution in [3.63, 3.8) is 0 Å². The van der Waals surface area contributed by atoms with Crippen molar-refractivity contribution < 1.29 is 8.42 Å². The minimum Gasteiger partial charge on any atom is -0.268 e. The Kier molecular flexibility index (Phi) is 4.73. The van der Waals surface area contributed by atoms with Crippen LogP contribution in [0.2, 0.25) is 5.15 Å². The predicted octanol–water partition coefficient (Wildman–Crippen LogP) is 2.04. The van der Waals surface area contributed by atoms with Gasteiger partial charge in [-0.15, -0.1) is 0 Å². The Labute approximate surface area is 107 Å². The van der Waals surface area contributed by atoms with Gasteiger partial charge in [-0.2, -0.15) is 12.7 Å². The van der Waals surface area contributed by atoms with E-state index in [-0.39, 0.29) is 5.15 Å². The zero-order valence-electron chi connectivity index (χ0n) is 10.1. The molecule has 0 bridgehead atoms. The van der Waals surface area contributed by atoms with Crippen molar-refractivity contribution in [3.8, 4) is 0 Å². The van der Waals surface area contributed by atoms with Gasteiger partial charge >= 0.3 is 10.2 Å². The molecule has 17 heavy (non-hydrogen) atoms. The van der Waals surface area contributed by atoms with E-state index in [1.165, 1.54) is 4.31 Å². The number of rotatable bonds is 5. The smallest absolute Gasteiger partial charge is 0.268 e. The lowest BCUT2D eigenvalue weighted by Crippen LogP contribution is -2.35. The second kappa shape index (κ2) is 5.66. The quantitative estimate of drug-likeness (QED) is 0.838. The molecule has 0 spiro atoms. The summed E-state index contributed by atoms with van der Waals surface area (Å²) in [5, 5.41) is 0.145. The maximum atomic E-state index is 12.0. The minimum absolute atomic E-state index is 0.145.